The van der Waals surface area contributed by atoms with Crippen molar-refractivity contribution in [2.75, 3.05) is 0 Å². The first-order valence-corrected chi connectivity index (χ1v) is 5.78. The van der Waals surface area contributed by atoms with Crippen LogP contribution in [0.15, 0.2) is 48.5 Å². The van der Waals surface area contributed by atoms with Crippen molar-refractivity contribution in [3.05, 3.63) is 69.8 Å². The number of nitro groups is 1. The molecule has 0 unspecified atom stereocenters. The molecule has 0 atom stereocenters. The van der Waals surface area contributed by atoms with Crippen LogP contribution >= 0.6 is 0 Å². The van der Waals surface area contributed by atoms with E-state index in [1.54, 1.807) is 18.2 Å². The van der Waals surface area contributed by atoms with E-state index in [1.165, 1.54) is 18.2 Å². The molecule has 7 heteroatoms. The maximum atomic E-state index is 11.8. The number of carboxylic acid groups (broad SMARTS) is 1. The van der Waals surface area contributed by atoms with Crippen LogP contribution in [-0.2, 0) is 0 Å². The monoisotopic (exact) mass is 287 g/mol. The number of aromatic carboxylic acids is 1. The van der Waals surface area contributed by atoms with E-state index in [4.69, 9.17) is 9.84 Å². The van der Waals surface area contributed by atoms with Crippen LogP contribution in [0.25, 0.3) is 0 Å². The number of carbonyl (C=O) groups is 2. The molecular weight excluding hydrogens is 278 g/mol. The molecule has 0 amide bonds. The highest BCUT2D eigenvalue weighted by atomic mass is 16.6. The second kappa shape index (κ2) is 5.83. The predicted octanol–water partition coefficient (Wildman–Crippen LogP) is 2.51. The van der Waals surface area contributed by atoms with Crippen LogP contribution in [0.4, 0.5) is 5.69 Å². The van der Waals surface area contributed by atoms with Crippen molar-refractivity contribution in [3.63, 3.8) is 0 Å². The Labute approximate surface area is 118 Å². The fourth-order valence-corrected chi connectivity index (χ4v) is 1.65. The van der Waals surface area contributed by atoms with Gasteiger partial charge in [-0.05, 0) is 18.2 Å². The standard InChI is InChI=1S/C14H9NO6/c16-13(17)11-8-10(6-7-12(11)15(19)20)21-14(18)9-4-2-1-3-5-9/h1-8H,(H,16,17). The van der Waals surface area contributed by atoms with Crippen LogP contribution < -0.4 is 4.74 Å². The number of carboxylic acids is 1. The molecule has 0 heterocycles. The molecule has 0 fully saturated rings. The lowest BCUT2D eigenvalue weighted by Gasteiger charge is -2.05. The highest BCUT2D eigenvalue weighted by molar-refractivity contribution is 5.94. The van der Waals surface area contributed by atoms with Gasteiger partial charge >= 0.3 is 11.9 Å². The van der Waals surface area contributed by atoms with Crippen LogP contribution in [0.3, 0.4) is 0 Å². The summed E-state index contributed by atoms with van der Waals surface area (Å²) in [6.07, 6.45) is 0. The van der Waals surface area contributed by atoms with Crippen LogP contribution in [0.2, 0.25) is 0 Å². The maximum absolute atomic E-state index is 11.8. The second-order valence-electron chi connectivity index (χ2n) is 4.00. The predicted molar refractivity (Wildman–Crippen MR) is 71.5 cm³/mol. The van der Waals surface area contributed by atoms with Gasteiger partial charge in [-0.3, -0.25) is 10.1 Å². The number of hydrogen-bond donors (Lipinski definition) is 1. The van der Waals surface area contributed by atoms with E-state index >= 15 is 0 Å². The van der Waals surface area contributed by atoms with Gasteiger partial charge in [-0.25, -0.2) is 9.59 Å². The van der Waals surface area contributed by atoms with Gasteiger partial charge in [0.05, 0.1) is 10.5 Å². The van der Waals surface area contributed by atoms with Gasteiger partial charge in [0.15, 0.2) is 0 Å². The highest BCUT2D eigenvalue weighted by Crippen LogP contribution is 2.24. The van der Waals surface area contributed by atoms with E-state index in [9.17, 15) is 19.7 Å². The largest absolute Gasteiger partial charge is 0.477 e. The Morgan fingerprint density at radius 3 is 2.33 bits per heavy atom. The van der Waals surface area contributed by atoms with Gasteiger partial charge in [-0.2, -0.15) is 0 Å². The molecule has 0 saturated carbocycles. The SMILES string of the molecule is O=C(Oc1ccc([N+](=O)[O-])c(C(=O)O)c1)c1ccccc1. The van der Waals surface area contributed by atoms with Gasteiger partial charge < -0.3 is 9.84 Å². The molecule has 21 heavy (non-hydrogen) atoms. The van der Waals surface area contributed by atoms with E-state index in [0.29, 0.717) is 0 Å². The number of nitro benzene ring substituents is 1. The molecule has 0 aliphatic carbocycles. The first kappa shape index (κ1) is 14.2. The van der Waals surface area contributed by atoms with E-state index in [0.717, 1.165) is 12.1 Å². The summed E-state index contributed by atoms with van der Waals surface area (Å²) in [6, 6.07) is 11.2. The normalized spacial score (nSPS) is 9.90. The van der Waals surface area contributed by atoms with Gasteiger partial charge in [-0.15, -0.1) is 0 Å². The molecule has 2 aromatic rings. The van der Waals surface area contributed by atoms with Crippen molar-refractivity contribution < 1.29 is 24.4 Å². The highest BCUT2D eigenvalue weighted by Gasteiger charge is 2.21. The van der Waals surface area contributed by atoms with Crippen molar-refractivity contribution >= 4 is 17.6 Å². The lowest BCUT2D eigenvalue weighted by Crippen LogP contribution is -2.09. The number of esters is 1. The maximum Gasteiger partial charge on any atom is 0.343 e. The summed E-state index contributed by atoms with van der Waals surface area (Å²) in [6.45, 7) is 0. The molecule has 1 N–H and O–H groups in total. The molecule has 0 saturated heterocycles. The average molecular weight is 287 g/mol. The molecule has 0 spiro atoms. The first-order chi connectivity index (χ1) is 9.99. The van der Waals surface area contributed by atoms with Crippen LogP contribution in [0.1, 0.15) is 20.7 Å². The molecule has 0 aliphatic heterocycles. The number of hydrogen-bond acceptors (Lipinski definition) is 5. The Kier molecular flexibility index (Phi) is 3.94. The van der Waals surface area contributed by atoms with Crippen molar-refractivity contribution in [1.29, 1.82) is 0 Å². The molecule has 0 aliphatic rings. The molecule has 0 bridgehead atoms. The molecule has 106 valence electrons. The molecule has 0 aromatic heterocycles. The Hall–Kier alpha value is -3.22. The van der Waals surface area contributed by atoms with Crippen molar-refractivity contribution in [1.82, 2.24) is 0 Å². The van der Waals surface area contributed by atoms with Gasteiger partial charge in [0.1, 0.15) is 11.3 Å². The minimum absolute atomic E-state index is 0.0770. The Morgan fingerprint density at radius 2 is 1.76 bits per heavy atom. The van der Waals surface area contributed by atoms with Crippen molar-refractivity contribution in [2.45, 2.75) is 0 Å². The van der Waals surface area contributed by atoms with E-state index < -0.39 is 28.1 Å². The summed E-state index contributed by atoms with van der Waals surface area (Å²) in [7, 11) is 0. The fraction of sp³-hybridized carbons (Fsp3) is 0. The van der Waals surface area contributed by atoms with E-state index in [1.807, 2.05) is 0 Å². The van der Waals surface area contributed by atoms with Gasteiger partial charge in [0.25, 0.3) is 5.69 Å². The number of carbonyl (C=O) groups excluding carboxylic acids is 1. The van der Waals surface area contributed by atoms with Gasteiger partial charge in [0.2, 0.25) is 0 Å². The molecule has 0 radical (unpaired) electrons. The Balaban J connectivity index is 2.30. The second-order valence-corrected chi connectivity index (χ2v) is 4.00. The molecule has 7 nitrogen and oxygen atoms in total. The Bertz CT molecular complexity index is 711. The minimum atomic E-state index is -1.47. The zero-order valence-electron chi connectivity index (χ0n) is 10.6. The fourth-order valence-electron chi connectivity index (χ4n) is 1.65. The van der Waals surface area contributed by atoms with Crippen molar-refractivity contribution in [3.8, 4) is 5.75 Å². The summed E-state index contributed by atoms with van der Waals surface area (Å²) < 4.78 is 5.00. The quantitative estimate of drug-likeness (QED) is 0.400. The van der Waals surface area contributed by atoms with Gasteiger partial charge in [-0.1, -0.05) is 18.2 Å². The number of rotatable bonds is 4. The zero-order valence-corrected chi connectivity index (χ0v) is 10.6. The summed E-state index contributed by atoms with van der Waals surface area (Å²) >= 11 is 0. The Morgan fingerprint density at radius 1 is 1.10 bits per heavy atom. The zero-order chi connectivity index (χ0) is 15.4. The number of benzene rings is 2. The molecule has 2 rings (SSSR count). The summed E-state index contributed by atoms with van der Waals surface area (Å²) in [5.41, 5.74) is -0.826. The van der Waals surface area contributed by atoms with Crippen LogP contribution in [0.5, 0.6) is 5.75 Å². The van der Waals surface area contributed by atoms with Crippen LogP contribution in [0, 0.1) is 10.1 Å². The summed E-state index contributed by atoms with van der Waals surface area (Å²) in [4.78, 5) is 32.7. The molecular formula is C14H9NO6. The third-order valence-electron chi connectivity index (χ3n) is 2.62. The van der Waals surface area contributed by atoms with Gasteiger partial charge in [0, 0.05) is 12.1 Å². The van der Waals surface area contributed by atoms with E-state index in [2.05, 4.69) is 0 Å². The summed E-state index contributed by atoms with van der Waals surface area (Å²) in [5, 5.41) is 19.7. The lowest BCUT2D eigenvalue weighted by atomic mass is 10.1. The molecule has 2 aromatic carbocycles. The third-order valence-corrected chi connectivity index (χ3v) is 2.62. The number of nitrogens with zero attached hydrogens (tertiary/aromatic N) is 1. The minimum Gasteiger partial charge on any atom is -0.477 e. The van der Waals surface area contributed by atoms with E-state index in [-0.39, 0.29) is 11.3 Å². The topological polar surface area (TPSA) is 107 Å². The first-order valence-electron chi connectivity index (χ1n) is 5.78. The smallest absolute Gasteiger partial charge is 0.343 e. The lowest BCUT2D eigenvalue weighted by molar-refractivity contribution is -0.385. The number of ether oxygens (including phenoxy) is 1. The van der Waals surface area contributed by atoms with Crippen molar-refractivity contribution in [2.24, 2.45) is 0 Å². The third kappa shape index (κ3) is 3.21. The average Bonchev–Trinajstić information content (AvgIpc) is 2.47. The van der Waals surface area contributed by atoms with Crippen LogP contribution in [-0.4, -0.2) is 22.0 Å². The summed E-state index contributed by atoms with van der Waals surface area (Å²) in [5.74, 6) is -2.23.